The molecule has 2 heterocycles. The van der Waals surface area contributed by atoms with Gasteiger partial charge in [0.2, 0.25) is 0 Å². The van der Waals surface area contributed by atoms with Crippen molar-refractivity contribution in [3.05, 3.63) is 65.2 Å². The lowest BCUT2D eigenvalue weighted by atomic mass is 9.99. The summed E-state index contributed by atoms with van der Waals surface area (Å²) in [5.74, 6) is 1.77. The maximum Gasteiger partial charge on any atom is 0.255 e. The highest BCUT2D eigenvalue weighted by atomic mass is 32.2. The molecule has 2 fully saturated rings. The zero-order chi connectivity index (χ0) is 22.6. The zero-order valence-corrected chi connectivity index (χ0v) is 19.8. The smallest absolute Gasteiger partial charge is 0.255 e. The van der Waals surface area contributed by atoms with Crippen molar-refractivity contribution in [2.24, 2.45) is 0 Å². The number of carbonyl (C=O) groups is 2. The van der Waals surface area contributed by atoms with Crippen LogP contribution in [0.3, 0.4) is 0 Å². The highest BCUT2D eigenvalue weighted by molar-refractivity contribution is 8.00. The van der Waals surface area contributed by atoms with Crippen LogP contribution in [-0.2, 0) is 6.42 Å². The molecule has 0 aliphatic carbocycles. The van der Waals surface area contributed by atoms with Gasteiger partial charge in [-0.3, -0.25) is 9.59 Å². The fourth-order valence-electron chi connectivity index (χ4n) is 4.66. The summed E-state index contributed by atoms with van der Waals surface area (Å²) >= 11 is 1.86. The van der Waals surface area contributed by atoms with Crippen LogP contribution in [0.5, 0.6) is 5.75 Å². The van der Waals surface area contributed by atoms with E-state index in [1.54, 1.807) is 7.11 Å². The molecule has 5 nitrogen and oxygen atoms in total. The van der Waals surface area contributed by atoms with Gasteiger partial charge in [-0.1, -0.05) is 31.5 Å². The molecule has 4 rings (SSSR count). The van der Waals surface area contributed by atoms with Crippen molar-refractivity contribution < 1.29 is 14.3 Å². The van der Waals surface area contributed by atoms with Gasteiger partial charge in [-0.25, -0.2) is 0 Å². The number of aryl methyl sites for hydroxylation is 1. The molecule has 6 heteroatoms. The van der Waals surface area contributed by atoms with Gasteiger partial charge in [0, 0.05) is 36.5 Å². The predicted octanol–water partition coefficient (Wildman–Crippen LogP) is 4.86. The normalized spacial score (nSPS) is 17.6. The molecule has 32 heavy (non-hydrogen) atoms. The number of rotatable bonds is 6. The van der Waals surface area contributed by atoms with Gasteiger partial charge in [0.25, 0.3) is 11.8 Å². The van der Waals surface area contributed by atoms with E-state index >= 15 is 0 Å². The molecule has 0 atom stereocenters. The van der Waals surface area contributed by atoms with E-state index in [4.69, 9.17) is 4.74 Å². The van der Waals surface area contributed by atoms with Crippen LogP contribution in [0.2, 0.25) is 0 Å². The first-order valence-corrected chi connectivity index (χ1v) is 12.5. The minimum Gasteiger partial charge on any atom is -0.497 e. The molecular formula is C26H32N2O3S. The van der Waals surface area contributed by atoms with E-state index in [-0.39, 0.29) is 16.7 Å². The van der Waals surface area contributed by atoms with Crippen LogP contribution in [0.25, 0.3) is 0 Å². The summed E-state index contributed by atoms with van der Waals surface area (Å²) in [4.78, 5) is 30.1. The number of thioether (sulfide) groups is 1. The second kappa shape index (κ2) is 9.99. The highest BCUT2D eigenvalue weighted by Crippen LogP contribution is 2.44. The lowest BCUT2D eigenvalue weighted by molar-refractivity contribution is 0.0497. The van der Waals surface area contributed by atoms with Crippen LogP contribution in [0, 0.1) is 0 Å². The van der Waals surface area contributed by atoms with Gasteiger partial charge < -0.3 is 14.5 Å². The van der Waals surface area contributed by atoms with Crippen molar-refractivity contribution >= 4 is 23.6 Å². The summed E-state index contributed by atoms with van der Waals surface area (Å²) in [6.07, 6.45) is 5.00. The van der Waals surface area contributed by atoms with E-state index in [0.29, 0.717) is 24.4 Å². The largest absolute Gasteiger partial charge is 0.497 e. The maximum absolute atomic E-state index is 13.3. The van der Waals surface area contributed by atoms with E-state index in [0.717, 1.165) is 37.1 Å². The van der Waals surface area contributed by atoms with Crippen molar-refractivity contribution in [2.45, 2.75) is 43.9 Å². The Hall–Kier alpha value is -2.47. The molecule has 0 bridgehead atoms. The van der Waals surface area contributed by atoms with Crippen LogP contribution < -0.4 is 4.74 Å². The molecule has 0 saturated carbocycles. The SMILES string of the molecule is CCCCc1ccc(C(=O)N2CCC3(CC2)SCCN3C(=O)c2cccc(OC)c2)cc1. The average Bonchev–Trinajstić information content (AvgIpc) is 3.25. The van der Waals surface area contributed by atoms with Gasteiger partial charge >= 0.3 is 0 Å². The Labute approximate surface area is 195 Å². The molecular weight excluding hydrogens is 420 g/mol. The third-order valence-corrected chi connectivity index (χ3v) is 8.14. The average molecular weight is 453 g/mol. The third kappa shape index (κ3) is 4.65. The number of methoxy groups -OCH3 is 1. The fraction of sp³-hybridized carbons (Fsp3) is 0.462. The Kier molecular flexibility index (Phi) is 7.09. The summed E-state index contributed by atoms with van der Waals surface area (Å²) in [5.41, 5.74) is 2.70. The topological polar surface area (TPSA) is 49.9 Å². The van der Waals surface area contributed by atoms with Crippen LogP contribution in [0.4, 0.5) is 0 Å². The van der Waals surface area contributed by atoms with Crippen molar-refractivity contribution in [1.82, 2.24) is 9.80 Å². The molecule has 0 aromatic heterocycles. The number of carbonyl (C=O) groups excluding carboxylic acids is 2. The molecule has 170 valence electrons. The molecule has 0 unspecified atom stereocenters. The van der Waals surface area contributed by atoms with Crippen LogP contribution in [0.1, 0.15) is 58.9 Å². The number of unbranched alkanes of at least 4 members (excludes halogenated alkanes) is 1. The van der Waals surface area contributed by atoms with Crippen LogP contribution in [-0.4, -0.2) is 59.0 Å². The lowest BCUT2D eigenvalue weighted by Gasteiger charge is -2.44. The fourth-order valence-corrected chi connectivity index (χ4v) is 6.11. The summed E-state index contributed by atoms with van der Waals surface area (Å²) < 4.78 is 5.29. The number of ether oxygens (including phenoxy) is 1. The second-order valence-corrected chi connectivity index (χ2v) is 10.0. The molecule has 2 aromatic carbocycles. The highest BCUT2D eigenvalue weighted by Gasteiger charge is 2.47. The first-order chi connectivity index (χ1) is 15.6. The molecule has 0 N–H and O–H groups in total. The van der Waals surface area contributed by atoms with Crippen LogP contribution in [0.15, 0.2) is 48.5 Å². The molecule has 2 amide bonds. The summed E-state index contributed by atoms with van der Waals surface area (Å²) in [6, 6.07) is 15.4. The predicted molar refractivity (Wildman–Crippen MR) is 129 cm³/mol. The van der Waals surface area contributed by atoms with Gasteiger partial charge in [0.15, 0.2) is 0 Å². The standard InChI is InChI=1S/C26H32N2O3S/c1-3-4-6-20-9-11-21(12-10-20)24(29)27-15-13-26(14-16-27)28(17-18-32-26)25(30)22-7-5-8-23(19-22)31-2/h5,7-12,19H,3-4,6,13-18H2,1-2H3. The van der Waals surface area contributed by atoms with E-state index in [2.05, 4.69) is 19.1 Å². The van der Waals surface area contributed by atoms with E-state index in [1.807, 2.05) is 58.0 Å². The van der Waals surface area contributed by atoms with E-state index in [9.17, 15) is 9.59 Å². The van der Waals surface area contributed by atoms with Crippen molar-refractivity contribution in [3.63, 3.8) is 0 Å². The Bertz CT molecular complexity index is 952. The molecule has 0 radical (unpaired) electrons. The Morgan fingerprint density at radius 3 is 2.44 bits per heavy atom. The number of benzene rings is 2. The Morgan fingerprint density at radius 1 is 1.00 bits per heavy atom. The van der Waals surface area contributed by atoms with Gasteiger partial charge in [-0.15, -0.1) is 11.8 Å². The van der Waals surface area contributed by atoms with Crippen molar-refractivity contribution in [2.75, 3.05) is 32.5 Å². The van der Waals surface area contributed by atoms with Crippen molar-refractivity contribution in [3.8, 4) is 5.75 Å². The number of hydrogen-bond acceptors (Lipinski definition) is 4. The molecule has 2 aliphatic heterocycles. The van der Waals surface area contributed by atoms with Crippen molar-refractivity contribution in [1.29, 1.82) is 0 Å². The van der Waals surface area contributed by atoms with Gasteiger partial charge in [-0.05, 0) is 61.6 Å². The molecule has 2 aromatic rings. The monoisotopic (exact) mass is 452 g/mol. The first-order valence-electron chi connectivity index (χ1n) is 11.5. The summed E-state index contributed by atoms with van der Waals surface area (Å²) in [7, 11) is 1.61. The Morgan fingerprint density at radius 2 is 1.75 bits per heavy atom. The van der Waals surface area contributed by atoms with Gasteiger partial charge in [0.05, 0.1) is 12.0 Å². The van der Waals surface area contributed by atoms with Gasteiger partial charge in [0.1, 0.15) is 5.75 Å². The first kappa shape index (κ1) is 22.7. The second-order valence-electron chi connectivity index (χ2n) is 8.58. The number of nitrogens with zero attached hydrogens (tertiary/aromatic N) is 2. The molecule has 1 spiro atoms. The molecule has 2 aliphatic rings. The minimum atomic E-state index is -0.221. The van der Waals surface area contributed by atoms with Gasteiger partial charge in [-0.2, -0.15) is 0 Å². The summed E-state index contributed by atoms with van der Waals surface area (Å²) in [6.45, 7) is 4.28. The van der Waals surface area contributed by atoms with Crippen LogP contribution >= 0.6 is 11.8 Å². The lowest BCUT2D eigenvalue weighted by Crippen LogP contribution is -2.53. The number of hydrogen-bond donors (Lipinski definition) is 0. The zero-order valence-electron chi connectivity index (χ0n) is 19.0. The van der Waals surface area contributed by atoms with E-state index in [1.165, 1.54) is 18.4 Å². The maximum atomic E-state index is 13.3. The van der Waals surface area contributed by atoms with E-state index < -0.39 is 0 Å². The quantitative estimate of drug-likeness (QED) is 0.628. The number of amides is 2. The minimum absolute atomic E-state index is 0.0522. The third-order valence-electron chi connectivity index (χ3n) is 6.59. The Balaban J connectivity index is 1.41. The number of piperidine rings is 1. The molecule has 2 saturated heterocycles. The number of likely N-dealkylation sites (tertiary alicyclic amines) is 1. The summed E-state index contributed by atoms with van der Waals surface area (Å²) in [5, 5.41) is 0.